The van der Waals surface area contributed by atoms with Crippen LogP contribution in [-0.2, 0) is 4.74 Å². The Morgan fingerprint density at radius 1 is 1.32 bits per heavy atom. The van der Waals surface area contributed by atoms with Gasteiger partial charge in [0, 0.05) is 12.6 Å². The van der Waals surface area contributed by atoms with Gasteiger partial charge in [-0.3, -0.25) is 9.89 Å². The molecule has 0 aromatic heterocycles. The van der Waals surface area contributed by atoms with E-state index in [1.54, 1.807) is 4.90 Å². The fourth-order valence-electron chi connectivity index (χ4n) is 2.51. The fourth-order valence-corrected chi connectivity index (χ4v) is 2.51. The number of aliphatic imine (C=N–C) groups is 1. The highest BCUT2D eigenvalue weighted by atomic mass is 16.6. The Kier molecular flexibility index (Phi) is 7.69. The average Bonchev–Trinajstić information content (AvgIpc) is 2.43. The molecule has 0 spiro atoms. The minimum absolute atomic E-state index is 0.248. The molecule has 0 bridgehead atoms. The van der Waals surface area contributed by atoms with Gasteiger partial charge >= 0.3 is 6.09 Å². The maximum atomic E-state index is 12.2. The lowest BCUT2D eigenvalue weighted by molar-refractivity contribution is 0.0276. The summed E-state index contributed by atoms with van der Waals surface area (Å²) >= 11 is 0. The Bertz CT molecular complexity index is 375. The summed E-state index contributed by atoms with van der Waals surface area (Å²) in [5.74, 6) is 0.923. The molecule has 1 unspecified atom stereocenters. The minimum atomic E-state index is -0.453. The van der Waals surface area contributed by atoms with Crippen molar-refractivity contribution in [1.82, 2.24) is 10.2 Å². The number of rotatable bonds is 6. The number of ether oxygens (including phenoxy) is 1. The highest BCUT2D eigenvalue weighted by Crippen LogP contribution is 2.12. The molecule has 1 aliphatic rings. The van der Waals surface area contributed by atoms with E-state index in [4.69, 9.17) is 4.74 Å². The zero-order valence-electron chi connectivity index (χ0n) is 14.9. The Hall–Kier alpha value is -1.26. The Morgan fingerprint density at radius 3 is 2.64 bits per heavy atom. The molecule has 1 amide bonds. The predicted octanol–water partition coefficient (Wildman–Crippen LogP) is 3.58. The first-order valence-corrected chi connectivity index (χ1v) is 8.63. The quantitative estimate of drug-likeness (QED) is 0.815. The van der Waals surface area contributed by atoms with Crippen LogP contribution in [0, 0.1) is 0 Å². The average molecular weight is 311 g/mol. The third kappa shape index (κ3) is 7.14. The lowest BCUT2D eigenvalue weighted by Gasteiger charge is -2.31. The molecule has 1 N–H and O–H groups in total. The summed E-state index contributed by atoms with van der Waals surface area (Å²) in [6, 6.07) is 0.460. The molecular weight excluding hydrogens is 278 g/mol. The summed E-state index contributed by atoms with van der Waals surface area (Å²) in [5.41, 5.74) is -0.453. The van der Waals surface area contributed by atoms with Crippen LogP contribution in [0.25, 0.3) is 0 Å². The van der Waals surface area contributed by atoms with Crippen molar-refractivity contribution in [3.8, 4) is 0 Å². The van der Waals surface area contributed by atoms with Crippen molar-refractivity contribution >= 4 is 11.9 Å². The lowest BCUT2D eigenvalue weighted by Crippen LogP contribution is -2.49. The highest BCUT2D eigenvalue weighted by molar-refractivity contribution is 5.88. The number of amides is 1. The number of hydrogen-bond donors (Lipinski definition) is 1. The third-order valence-electron chi connectivity index (χ3n) is 3.58. The number of nitrogens with one attached hydrogen (secondary N) is 1. The van der Waals surface area contributed by atoms with Crippen LogP contribution in [-0.4, -0.2) is 48.1 Å². The SMILES string of the molecule is CCCCC(CCC)NC1=NCCN(C(=O)OC(C)(C)C)C1. The van der Waals surface area contributed by atoms with Gasteiger partial charge in [-0.05, 0) is 33.6 Å². The van der Waals surface area contributed by atoms with Crippen LogP contribution >= 0.6 is 0 Å². The van der Waals surface area contributed by atoms with Crippen molar-refractivity contribution in [2.45, 2.75) is 78.4 Å². The van der Waals surface area contributed by atoms with Crippen LogP contribution in [0.3, 0.4) is 0 Å². The maximum absolute atomic E-state index is 12.2. The molecule has 1 rings (SSSR count). The largest absolute Gasteiger partial charge is 0.444 e. The van der Waals surface area contributed by atoms with E-state index in [9.17, 15) is 4.79 Å². The normalized spacial score (nSPS) is 17.0. The highest BCUT2D eigenvalue weighted by Gasteiger charge is 2.25. The first-order valence-electron chi connectivity index (χ1n) is 8.63. The summed E-state index contributed by atoms with van der Waals surface area (Å²) in [6.45, 7) is 11.9. The smallest absolute Gasteiger partial charge is 0.410 e. The number of carbonyl (C=O) groups excluding carboxylic acids is 1. The van der Waals surface area contributed by atoms with Gasteiger partial charge in [0.05, 0.1) is 13.1 Å². The summed E-state index contributed by atoms with van der Waals surface area (Å²) in [4.78, 5) is 18.4. The summed E-state index contributed by atoms with van der Waals surface area (Å²) in [7, 11) is 0. The summed E-state index contributed by atoms with van der Waals surface area (Å²) in [5, 5.41) is 3.54. The Morgan fingerprint density at radius 2 is 2.05 bits per heavy atom. The van der Waals surface area contributed by atoms with Crippen molar-refractivity contribution in [2.24, 2.45) is 4.99 Å². The second-order valence-electron chi connectivity index (χ2n) is 7.00. The molecule has 128 valence electrons. The monoisotopic (exact) mass is 311 g/mol. The van der Waals surface area contributed by atoms with Crippen LogP contribution in [0.1, 0.15) is 66.7 Å². The standard InChI is InChI=1S/C17H33N3O2/c1-6-8-10-14(9-7-2)19-15-13-20(12-11-18-15)16(21)22-17(3,4)5/h14H,6-13H2,1-5H3,(H,18,19). The van der Waals surface area contributed by atoms with E-state index in [0.717, 1.165) is 25.1 Å². The molecule has 5 heteroatoms. The maximum Gasteiger partial charge on any atom is 0.410 e. The molecule has 1 atom stereocenters. The molecule has 0 saturated heterocycles. The molecule has 0 aliphatic carbocycles. The number of carbonyl (C=O) groups is 1. The zero-order chi connectivity index (χ0) is 16.6. The third-order valence-corrected chi connectivity index (χ3v) is 3.58. The van der Waals surface area contributed by atoms with Gasteiger partial charge in [0.15, 0.2) is 0 Å². The molecule has 0 radical (unpaired) electrons. The molecule has 0 fully saturated rings. The van der Waals surface area contributed by atoms with Crippen molar-refractivity contribution in [3.05, 3.63) is 0 Å². The zero-order valence-corrected chi connectivity index (χ0v) is 14.9. The molecule has 5 nitrogen and oxygen atoms in total. The van der Waals surface area contributed by atoms with Gasteiger partial charge in [0.1, 0.15) is 11.4 Å². The second-order valence-corrected chi connectivity index (χ2v) is 7.00. The Balaban J connectivity index is 2.54. The first kappa shape index (κ1) is 18.8. The summed E-state index contributed by atoms with van der Waals surface area (Å²) in [6.07, 6.45) is 5.65. The molecule has 1 heterocycles. The van der Waals surface area contributed by atoms with E-state index < -0.39 is 5.60 Å². The minimum Gasteiger partial charge on any atom is -0.444 e. The second kappa shape index (κ2) is 9.01. The van der Waals surface area contributed by atoms with E-state index in [2.05, 4.69) is 24.2 Å². The predicted molar refractivity (Wildman–Crippen MR) is 91.5 cm³/mol. The van der Waals surface area contributed by atoms with Crippen molar-refractivity contribution in [1.29, 1.82) is 0 Å². The first-order chi connectivity index (χ1) is 10.4. The van der Waals surface area contributed by atoms with Crippen LogP contribution in [0.2, 0.25) is 0 Å². The molecule has 22 heavy (non-hydrogen) atoms. The van der Waals surface area contributed by atoms with E-state index >= 15 is 0 Å². The molecular formula is C17H33N3O2. The molecule has 0 aromatic carbocycles. The van der Waals surface area contributed by atoms with Gasteiger partial charge in [-0.15, -0.1) is 0 Å². The van der Waals surface area contributed by atoms with Gasteiger partial charge in [0.25, 0.3) is 0 Å². The number of hydrogen-bond acceptors (Lipinski definition) is 4. The van der Waals surface area contributed by atoms with E-state index in [-0.39, 0.29) is 6.09 Å². The number of amidine groups is 1. The van der Waals surface area contributed by atoms with Crippen molar-refractivity contribution < 1.29 is 9.53 Å². The lowest BCUT2D eigenvalue weighted by atomic mass is 10.1. The van der Waals surface area contributed by atoms with E-state index in [1.807, 2.05) is 20.8 Å². The topological polar surface area (TPSA) is 53.9 Å². The van der Waals surface area contributed by atoms with Gasteiger partial charge in [-0.25, -0.2) is 4.79 Å². The van der Waals surface area contributed by atoms with E-state index in [0.29, 0.717) is 25.7 Å². The van der Waals surface area contributed by atoms with Gasteiger partial charge < -0.3 is 10.1 Å². The molecule has 1 aliphatic heterocycles. The number of nitrogens with zero attached hydrogens (tertiary/aromatic N) is 2. The Labute approximate surface area is 135 Å². The number of unbranched alkanes of at least 4 members (excludes halogenated alkanes) is 1. The fraction of sp³-hybridized carbons (Fsp3) is 0.882. The van der Waals surface area contributed by atoms with Crippen LogP contribution in [0.15, 0.2) is 4.99 Å². The van der Waals surface area contributed by atoms with Gasteiger partial charge in [-0.1, -0.05) is 33.1 Å². The van der Waals surface area contributed by atoms with Crippen LogP contribution in [0.5, 0.6) is 0 Å². The van der Waals surface area contributed by atoms with Crippen LogP contribution < -0.4 is 5.32 Å². The van der Waals surface area contributed by atoms with Crippen LogP contribution in [0.4, 0.5) is 4.79 Å². The van der Waals surface area contributed by atoms with E-state index in [1.165, 1.54) is 12.8 Å². The molecule has 0 saturated carbocycles. The van der Waals surface area contributed by atoms with Crippen molar-refractivity contribution in [3.63, 3.8) is 0 Å². The summed E-state index contributed by atoms with van der Waals surface area (Å²) < 4.78 is 5.45. The molecule has 0 aromatic rings. The van der Waals surface area contributed by atoms with Gasteiger partial charge in [0.2, 0.25) is 0 Å². The van der Waals surface area contributed by atoms with Crippen molar-refractivity contribution in [2.75, 3.05) is 19.6 Å². The van der Waals surface area contributed by atoms with Gasteiger partial charge in [-0.2, -0.15) is 0 Å².